The number of hydrogen-bond donors (Lipinski definition) is 0. The van der Waals surface area contributed by atoms with Crippen LogP contribution in [0, 0.1) is 0 Å². The van der Waals surface area contributed by atoms with Gasteiger partial charge < -0.3 is 14.6 Å². The molecule has 0 aromatic heterocycles. The minimum absolute atomic E-state index is 0.226. The fourth-order valence-corrected chi connectivity index (χ4v) is 2.25. The second-order valence-electron chi connectivity index (χ2n) is 5.92. The van der Waals surface area contributed by atoms with Gasteiger partial charge in [-0.1, -0.05) is 24.3 Å². The maximum absolute atomic E-state index is 12.2. The molecule has 108 valence electrons. The lowest BCUT2D eigenvalue weighted by Crippen LogP contribution is -2.54. The SMILES string of the molecule is CC(C)(C)OC(=O)N1Cc2ccccc2C[C@@H]1C(=O)[O-]. The van der Waals surface area contributed by atoms with E-state index in [2.05, 4.69) is 0 Å². The maximum atomic E-state index is 12.2. The first kappa shape index (κ1) is 14.4. The fraction of sp³-hybridized carbons (Fsp3) is 0.467. The molecule has 0 radical (unpaired) electrons. The molecule has 1 aromatic carbocycles. The molecule has 1 aliphatic rings. The lowest BCUT2D eigenvalue weighted by molar-refractivity contribution is -0.311. The summed E-state index contributed by atoms with van der Waals surface area (Å²) in [6.45, 7) is 5.47. The van der Waals surface area contributed by atoms with Gasteiger partial charge in [-0.05, 0) is 38.3 Å². The third-order valence-corrected chi connectivity index (χ3v) is 3.15. The second-order valence-corrected chi connectivity index (χ2v) is 5.92. The lowest BCUT2D eigenvalue weighted by Gasteiger charge is -2.38. The average Bonchev–Trinajstić information content (AvgIpc) is 2.35. The quantitative estimate of drug-likeness (QED) is 0.770. The summed E-state index contributed by atoms with van der Waals surface area (Å²) in [7, 11) is 0. The van der Waals surface area contributed by atoms with Crippen molar-refractivity contribution in [1.82, 2.24) is 4.90 Å². The van der Waals surface area contributed by atoms with Crippen LogP contribution in [0.2, 0.25) is 0 Å². The molecule has 0 spiro atoms. The Kier molecular flexibility index (Phi) is 3.70. The monoisotopic (exact) mass is 276 g/mol. The van der Waals surface area contributed by atoms with Crippen LogP contribution < -0.4 is 5.11 Å². The van der Waals surface area contributed by atoms with Crippen LogP contribution in [-0.2, 0) is 22.5 Å². The Balaban J connectivity index is 2.27. The van der Waals surface area contributed by atoms with Crippen molar-refractivity contribution in [3.8, 4) is 0 Å². The van der Waals surface area contributed by atoms with Crippen molar-refractivity contribution in [2.75, 3.05) is 0 Å². The predicted octanol–water partition coefficient (Wildman–Crippen LogP) is 1.10. The van der Waals surface area contributed by atoms with Gasteiger partial charge in [-0.25, -0.2) is 4.79 Å². The van der Waals surface area contributed by atoms with Crippen LogP contribution >= 0.6 is 0 Å². The summed E-state index contributed by atoms with van der Waals surface area (Å²) in [5.74, 6) is -1.26. The van der Waals surface area contributed by atoms with Gasteiger partial charge in [0.05, 0.1) is 12.0 Å². The predicted molar refractivity (Wildman–Crippen MR) is 70.7 cm³/mol. The van der Waals surface area contributed by atoms with E-state index in [0.717, 1.165) is 11.1 Å². The minimum Gasteiger partial charge on any atom is -0.548 e. The van der Waals surface area contributed by atoms with Crippen LogP contribution in [0.4, 0.5) is 4.79 Å². The molecule has 1 atom stereocenters. The van der Waals surface area contributed by atoms with Crippen molar-refractivity contribution in [3.63, 3.8) is 0 Å². The van der Waals surface area contributed by atoms with Crippen molar-refractivity contribution in [2.24, 2.45) is 0 Å². The Morgan fingerprint density at radius 1 is 1.25 bits per heavy atom. The van der Waals surface area contributed by atoms with E-state index in [-0.39, 0.29) is 13.0 Å². The van der Waals surface area contributed by atoms with Gasteiger partial charge in [0.1, 0.15) is 5.60 Å². The van der Waals surface area contributed by atoms with Crippen LogP contribution in [0.15, 0.2) is 24.3 Å². The van der Waals surface area contributed by atoms with E-state index in [4.69, 9.17) is 4.74 Å². The van der Waals surface area contributed by atoms with E-state index in [1.165, 1.54) is 4.90 Å². The van der Waals surface area contributed by atoms with Crippen LogP contribution in [0.25, 0.3) is 0 Å². The topological polar surface area (TPSA) is 69.7 Å². The molecule has 1 amide bonds. The normalized spacial score (nSPS) is 18.4. The first-order chi connectivity index (χ1) is 9.28. The number of hydrogen-bond acceptors (Lipinski definition) is 4. The van der Waals surface area contributed by atoms with E-state index < -0.39 is 23.7 Å². The third kappa shape index (κ3) is 3.10. The highest BCUT2D eigenvalue weighted by molar-refractivity contribution is 5.80. The molecule has 0 N–H and O–H groups in total. The average molecular weight is 276 g/mol. The zero-order valence-corrected chi connectivity index (χ0v) is 11.9. The van der Waals surface area contributed by atoms with Gasteiger partial charge in [0, 0.05) is 6.54 Å². The molecular formula is C15H18NO4-. The molecule has 0 saturated carbocycles. The minimum atomic E-state index is -1.26. The summed E-state index contributed by atoms with van der Waals surface area (Å²) in [6, 6.07) is 6.50. The zero-order valence-electron chi connectivity index (χ0n) is 11.9. The summed E-state index contributed by atoms with van der Waals surface area (Å²) >= 11 is 0. The Morgan fingerprint density at radius 3 is 2.40 bits per heavy atom. The van der Waals surface area contributed by atoms with Crippen LogP contribution in [-0.4, -0.2) is 28.6 Å². The summed E-state index contributed by atoms with van der Waals surface area (Å²) in [4.78, 5) is 24.7. The van der Waals surface area contributed by atoms with Gasteiger partial charge in [-0.15, -0.1) is 0 Å². The van der Waals surface area contributed by atoms with Crippen LogP contribution in [0.5, 0.6) is 0 Å². The van der Waals surface area contributed by atoms with Crippen LogP contribution in [0.3, 0.4) is 0 Å². The number of carbonyl (C=O) groups is 2. The number of nitrogens with zero attached hydrogens (tertiary/aromatic N) is 1. The summed E-state index contributed by atoms with van der Waals surface area (Å²) in [6.07, 6.45) is -0.376. The number of rotatable bonds is 1. The number of amides is 1. The Bertz CT molecular complexity index is 533. The molecule has 20 heavy (non-hydrogen) atoms. The molecule has 0 bridgehead atoms. The van der Waals surface area contributed by atoms with Crippen molar-refractivity contribution in [3.05, 3.63) is 35.4 Å². The molecule has 1 aliphatic heterocycles. The Labute approximate surface area is 118 Å². The van der Waals surface area contributed by atoms with Gasteiger partial charge in [0.2, 0.25) is 0 Å². The molecular weight excluding hydrogens is 258 g/mol. The number of carbonyl (C=O) groups excluding carboxylic acids is 2. The molecule has 2 rings (SSSR count). The summed E-state index contributed by atoms with van der Waals surface area (Å²) in [5, 5.41) is 11.3. The molecule has 5 heteroatoms. The number of fused-ring (bicyclic) bond motifs is 1. The van der Waals surface area contributed by atoms with Crippen molar-refractivity contribution >= 4 is 12.1 Å². The molecule has 0 unspecified atom stereocenters. The highest BCUT2D eigenvalue weighted by Gasteiger charge is 2.33. The van der Waals surface area contributed by atoms with Gasteiger partial charge in [0.15, 0.2) is 0 Å². The smallest absolute Gasteiger partial charge is 0.411 e. The van der Waals surface area contributed by atoms with Gasteiger partial charge in [0.25, 0.3) is 0 Å². The Morgan fingerprint density at radius 2 is 1.85 bits per heavy atom. The summed E-state index contributed by atoms with van der Waals surface area (Å²) < 4.78 is 5.27. The Hall–Kier alpha value is -2.04. The highest BCUT2D eigenvalue weighted by Crippen LogP contribution is 2.24. The van der Waals surface area contributed by atoms with E-state index in [1.807, 2.05) is 24.3 Å². The van der Waals surface area contributed by atoms with E-state index in [1.54, 1.807) is 20.8 Å². The maximum Gasteiger partial charge on any atom is 0.411 e. The van der Waals surface area contributed by atoms with Crippen molar-refractivity contribution in [2.45, 2.75) is 45.4 Å². The number of carboxylic acid groups (broad SMARTS) is 1. The highest BCUT2D eigenvalue weighted by atomic mass is 16.6. The third-order valence-electron chi connectivity index (χ3n) is 3.15. The largest absolute Gasteiger partial charge is 0.548 e. The van der Waals surface area contributed by atoms with Gasteiger partial charge >= 0.3 is 6.09 Å². The number of carboxylic acids is 1. The van der Waals surface area contributed by atoms with Crippen molar-refractivity contribution < 1.29 is 19.4 Å². The van der Waals surface area contributed by atoms with E-state index >= 15 is 0 Å². The first-order valence-corrected chi connectivity index (χ1v) is 6.55. The molecule has 1 heterocycles. The molecule has 0 fully saturated rings. The first-order valence-electron chi connectivity index (χ1n) is 6.55. The molecule has 0 saturated heterocycles. The summed E-state index contributed by atoms with van der Waals surface area (Å²) in [5.41, 5.74) is 1.21. The lowest BCUT2D eigenvalue weighted by atomic mass is 9.94. The molecule has 5 nitrogen and oxygen atoms in total. The van der Waals surface area contributed by atoms with Crippen LogP contribution in [0.1, 0.15) is 31.9 Å². The van der Waals surface area contributed by atoms with E-state index in [0.29, 0.717) is 0 Å². The fourth-order valence-electron chi connectivity index (χ4n) is 2.25. The number of benzene rings is 1. The molecule has 0 aliphatic carbocycles. The number of ether oxygens (including phenoxy) is 1. The van der Waals surface area contributed by atoms with E-state index in [9.17, 15) is 14.7 Å². The van der Waals surface area contributed by atoms with Gasteiger partial charge in [-0.2, -0.15) is 0 Å². The second kappa shape index (κ2) is 5.15. The standard InChI is InChI=1S/C15H19NO4/c1-15(2,3)20-14(19)16-9-11-7-5-4-6-10(11)8-12(16)13(17)18/h4-7,12H,8-9H2,1-3H3,(H,17,18)/p-1/t12-/m1/s1. The van der Waals surface area contributed by atoms with Crippen molar-refractivity contribution in [1.29, 1.82) is 0 Å². The molecule has 1 aromatic rings. The zero-order chi connectivity index (χ0) is 14.9. The number of aliphatic carboxylic acids is 1. The van der Waals surface area contributed by atoms with Gasteiger partial charge in [-0.3, -0.25) is 4.90 Å².